The van der Waals surface area contributed by atoms with Gasteiger partial charge in [-0.3, -0.25) is 14.4 Å². The van der Waals surface area contributed by atoms with Crippen molar-refractivity contribution in [1.82, 2.24) is 20.1 Å². The van der Waals surface area contributed by atoms with Crippen LogP contribution in [0.3, 0.4) is 0 Å². The van der Waals surface area contributed by atoms with E-state index >= 15 is 0 Å². The molecule has 3 aromatic rings. The summed E-state index contributed by atoms with van der Waals surface area (Å²) in [4.78, 5) is 41.7. The fraction of sp³-hybridized carbons (Fsp3) is 0.370. The van der Waals surface area contributed by atoms with Crippen LogP contribution in [0.25, 0.3) is 10.9 Å². The molecule has 4 rings (SSSR count). The Bertz CT molecular complexity index is 1270. The summed E-state index contributed by atoms with van der Waals surface area (Å²) in [6.45, 7) is 5.83. The highest BCUT2D eigenvalue weighted by Crippen LogP contribution is 2.36. The fourth-order valence-electron chi connectivity index (χ4n) is 4.59. The molecule has 0 fully saturated rings. The summed E-state index contributed by atoms with van der Waals surface area (Å²) in [5.41, 5.74) is 3.43. The van der Waals surface area contributed by atoms with Crippen LogP contribution in [0.4, 0.5) is 5.69 Å². The first-order valence-corrected chi connectivity index (χ1v) is 11.9. The second-order valence-corrected chi connectivity index (χ2v) is 9.46. The summed E-state index contributed by atoms with van der Waals surface area (Å²) < 4.78 is 1.99. The molecule has 1 aliphatic rings. The maximum atomic E-state index is 13.8. The van der Waals surface area contributed by atoms with Gasteiger partial charge in [-0.15, -0.1) is 12.4 Å². The molecule has 0 radical (unpaired) electrons. The third kappa shape index (κ3) is 5.10. The molecule has 0 unspecified atom stereocenters. The van der Waals surface area contributed by atoms with E-state index in [2.05, 4.69) is 16.0 Å². The van der Waals surface area contributed by atoms with E-state index in [-0.39, 0.29) is 36.0 Å². The Labute approximate surface area is 217 Å². The summed E-state index contributed by atoms with van der Waals surface area (Å²) in [5.74, 6) is -0.961. The first kappa shape index (κ1) is 27.2. The van der Waals surface area contributed by atoms with Crippen molar-refractivity contribution in [2.24, 2.45) is 13.0 Å². The van der Waals surface area contributed by atoms with Gasteiger partial charge in [0.15, 0.2) is 0 Å². The standard InChI is InChI=1S/C27H33N5O3.ClH/c1-16(2)23(30-25(33)17(3)28-4)27(35)32-15-18-9-6-7-10-19(18)24(32)26(34)29-21-11-8-12-22-20(21)13-14-31(22)5;/h6-14,16-17,23-24,28H,15H2,1-5H3,(H,29,34)(H,30,33);1H/t17-,23-,24-;/m0./s1. The Kier molecular flexibility index (Phi) is 8.43. The molecule has 3 amide bonds. The van der Waals surface area contributed by atoms with Crippen molar-refractivity contribution in [3.63, 3.8) is 0 Å². The predicted octanol–water partition coefficient (Wildman–Crippen LogP) is 3.37. The molecule has 0 aliphatic carbocycles. The minimum Gasteiger partial charge on any atom is -0.350 e. The van der Waals surface area contributed by atoms with Crippen molar-refractivity contribution in [2.75, 3.05) is 12.4 Å². The third-order valence-electron chi connectivity index (χ3n) is 6.78. The van der Waals surface area contributed by atoms with Crippen LogP contribution in [0.2, 0.25) is 0 Å². The molecule has 1 aromatic heterocycles. The maximum absolute atomic E-state index is 13.8. The van der Waals surface area contributed by atoms with Crippen molar-refractivity contribution < 1.29 is 14.4 Å². The number of aromatic nitrogens is 1. The number of nitrogens with zero attached hydrogens (tertiary/aromatic N) is 2. The zero-order chi connectivity index (χ0) is 25.3. The van der Waals surface area contributed by atoms with E-state index in [4.69, 9.17) is 0 Å². The number of hydrogen-bond acceptors (Lipinski definition) is 4. The van der Waals surface area contributed by atoms with E-state index in [1.807, 2.05) is 80.2 Å². The molecule has 3 atom stereocenters. The first-order valence-electron chi connectivity index (χ1n) is 11.9. The molecule has 8 nitrogen and oxygen atoms in total. The maximum Gasteiger partial charge on any atom is 0.251 e. The number of benzene rings is 2. The lowest BCUT2D eigenvalue weighted by Gasteiger charge is -2.31. The first-order chi connectivity index (χ1) is 16.7. The van der Waals surface area contributed by atoms with Crippen molar-refractivity contribution >= 4 is 46.7 Å². The number of carbonyl (C=O) groups excluding carboxylic acids is 3. The van der Waals surface area contributed by atoms with E-state index in [0.29, 0.717) is 12.2 Å². The van der Waals surface area contributed by atoms with E-state index in [1.165, 1.54) is 0 Å². The minimum atomic E-state index is -0.794. The van der Waals surface area contributed by atoms with Crippen molar-refractivity contribution in [2.45, 2.75) is 45.4 Å². The number of aryl methyl sites for hydroxylation is 1. The monoisotopic (exact) mass is 511 g/mol. The molecular formula is C27H34ClN5O3. The third-order valence-corrected chi connectivity index (χ3v) is 6.78. The van der Waals surface area contributed by atoms with Gasteiger partial charge < -0.3 is 25.4 Å². The molecule has 0 bridgehead atoms. The van der Waals surface area contributed by atoms with Crippen molar-refractivity contribution in [3.05, 3.63) is 65.9 Å². The zero-order valence-corrected chi connectivity index (χ0v) is 22.1. The van der Waals surface area contributed by atoms with Crippen LogP contribution in [0, 0.1) is 5.92 Å². The Hall–Kier alpha value is -3.36. The van der Waals surface area contributed by atoms with Gasteiger partial charge in [0.1, 0.15) is 12.1 Å². The van der Waals surface area contributed by atoms with Crippen LogP contribution in [0.5, 0.6) is 0 Å². The summed E-state index contributed by atoms with van der Waals surface area (Å²) in [6.07, 6.45) is 1.95. The molecule has 0 spiro atoms. The quantitative estimate of drug-likeness (QED) is 0.453. The number of anilines is 1. The smallest absolute Gasteiger partial charge is 0.251 e. The lowest BCUT2D eigenvalue weighted by molar-refractivity contribution is -0.143. The van der Waals surface area contributed by atoms with Crippen LogP contribution in [0.15, 0.2) is 54.7 Å². The van der Waals surface area contributed by atoms with Crippen LogP contribution in [0.1, 0.15) is 37.9 Å². The van der Waals surface area contributed by atoms with Gasteiger partial charge in [-0.2, -0.15) is 0 Å². The predicted molar refractivity (Wildman–Crippen MR) is 144 cm³/mol. The molecule has 2 heterocycles. The number of halogens is 1. The van der Waals surface area contributed by atoms with Crippen molar-refractivity contribution in [3.8, 4) is 0 Å². The Morgan fingerprint density at radius 1 is 1.00 bits per heavy atom. The van der Waals surface area contributed by atoms with Gasteiger partial charge in [0.2, 0.25) is 11.8 Å². The van der Waals surface area contributed by atoms with Crippen LogP contribution >= 0.6 is 12.4 Å². The second kappa shape index (κ2) is 11.1. The molecule has 192 valence electrons. The average Bonchev–Trinajstić information content (AvgIpc) is 3.42. The highest BCUT2D eigenvalue weighted by atomic mass is 35.5. The van der Waals surface area contributed by atoms with Crippen LogP contribution < -0.4 is 16.0 Å². The van der Waals surface area contributed by atoms with E-state index in [1.54, 1.807) is 18.9 Å². The summed E-state index contributed by atoms with van der Waals surface area (Å²) in [7, 11) is 3.65. The summed E-state index contributed by atoms with van der Waals surface area (Å²) in [6, 6.07) is 13.3. The molecule has 36 heavy (non-hydrogen) atoms. The Morgan fingerprint density at radius 3 is 2.42 bits per heavy atom. The highest BCUT2D eigenvalue weighted by Gasteiger charge is 2.42. The number of nitrogens with one attached hydrogen (secondary N) is 3. The Balaban J connectivity index is 0.00000361. The van der Waals surface area contributed by atoms with Gasteiger partial charge in [0.05, 0.1) is 11.7 Å². The minimum absolute atomic E-state index is 0. The molecule has 2 aromatic carbocycles. The zero-order valence-electron chi connectivity index (χ0n) is 21.2. The average molecular weight is 512 g/mol. The highest BCUT2D eigenvalue weighted by molar-refractivity contribution is 6.05. The lowest BCUT2D eigenvalue weighted by Crippen LogP contribution is -2.55. The van der Waals surface area contributed by atoms with Gasteiger partial charge in [-0.25, -0.2) is 0 Å². The molecular weight excluding hydrogens is 478 g/mol. The molecule has 1 aliphatic heterocycles. The molecule has 9 heteroatoms. The van der Waals surface area contributed by atoms with Crippen LogP contribution in [-0.4, -0.2) is 46.3 Å². The van der Waals surface area contributed by atoms with E-state index in [0.717, 1.165) is 22.0 Å². The van der Waals surface area contributed by atoms with Crippen LogP contribution in [-0.2, 0) is 28.0 Å². The van der Waals surface area contributed by atoms with Gasteiger partial charge in [-0.05, 0) is 49.2 Å². The van der Waals surface area contributed by atoms with E-state index in [9.17, 15) is 14.4 Å². The van der Waals surface area contributed by atoms with Gasteiger partial charge in [-0.1, -0.05) is 44.2 Å². The molecule has 3 N–H and O–H groups in total. The number of carbonyl (C=O) groups is 3. The topological polar surface area (TPSA) is 95.5 Å². The van der Waals surface area contributed by atoms with Gasteiger partial charge in [0, 0.05) is 30.7 Å². The lowest BCUT2D eigenvalue weighted by atomic mass is 10.0. The summed E-state index contributed by atoms with van der Waals surface area (Å²) >= 11 is 0. The largest absolute Gasteiger partial charge is 0.350 e. The van der Waals surface area contributed by atoms with E-state index < -0.39 is 18.1 Å². The number of amides is 3. The van der Waals surface area contributed by atoms with Crippen molar-refractivity contribution in [1.29, 1.82) is 0 Å². The molecule has 0 saturated heterocycles. The summed E-state index contributed by atoms with van der Waals surface area (Å²) in [5, 5.41) is 9.77. The second-order valence-electron chi connectivity index (χ2n) is 9.46. The number of rotatable bonds is 7. The molecule has 0 saturated carbocycles. The normalized spacial score (nSPS) is 16.3. The Morgan fingerprint density at radius 2 is 1.72 bits per heavy atom. The number of fused-ring (bicyclic) bond motifs is 2. The fourth-order valence-corrected chi connectivity index (χ4v) is 4.59. The van der Waals surface area contributed by atoms with Gasteiger partial charge >= 0.3 is 0 Å². The van der Waals surface area contributed by atoms with Gasteiger partial charge in [0.25, 0.3) is 5.91 Å². The SMILES string of the molecule is CN[C@@H](C)C(=O)N[C@H](C(=O)N1Cc2ccccc2[C@H]1C(=O)Nc1cccc2c1ccn2C)C(C)C.Cl. The number of likely N-dealkylation sites (N-methyl/N-ethyl adjacent to an activating group) is 1. The number of hydrogen-bond donors (Lipinski definition) is 3.